The van der Waals surface area contributed by atoms with Crippen molar-refractivity contribution in [2.75, 3.05) is 20.8 Å². The van der Waals surface area contributed by atoms with Crippen LogP contribution >= 0.6 is 15.9 Å². The van der Waals surface area contributed by atoms with Gasteiger partial charge >= 0.3 is 5.97 Å². The summed E-state index contributed by atoms with van der Waals surface area (Å²) in [7, 11) is 3.16. The van der Waals surface area contributed by atoms with Crippen LogP contribution in [0.1, 0.15) is 11.1 Å². The normalized spacial score (nSPS) is 14.5. The molecule has 0 atom stereocenters. The maximum atomic E-state index is 12.3. The highest BCUT2D eigenvalue weighted by Crippen LogP contribution is 2.38. The first-order valence-corrected chi connectivity index (χ1v) is 9.26. The molecule has 0 saturated carbocycles. The van der Waals surface area contributed by atoms with E-state index in [9.17, 15) is 4.79 Å². The van der Waals surface area contributed by atoms with E-state index in [0.717, 1.165) is 16.9 Å². The first kappa shape index (κ1) is 19.8. The minimum atomic E-state index is -0.409. The molecule has 144 valence electrons. The van der Waals surface area contributed by atoms with Crippen LogP contribution in [0, 0.1) is 0 Å². The van der Waals surface area contributed by atoms with Gasteiger partial charge in [0.1, 0.15) is 18.1 Å². The highest BCUT2D eigenvalue weighted by atomic mass is 79.9. The zero-order valence-electron chi connectivity index (χ0n) is 15.5. The van der Waals surface area contributed by atoms with Crippen molar-refractivity contribution in [1.29, 1.82) is 0 Å². The van der Waals surface area contributed by atoms with Crippen molar-refractivity contribution >= 4 is 33.7 Å². The molecule has 0 fully saturated rings. The second kappa shape index (κ2) is 8.80. The lowest BCUT2D eigenvalue weighted by atomic mass is 10.1. The quantitative estimate of drug-likeness (QED) is 0.342. The Morgan fingerprint density at radius 1 is 1.14 bits per heavy atom. The van der Waals surface area contributed by atoms with Gasteiger partial charge in [0.2, 0.25) is 0 Å². The standard InChI is InChI=1S/C22H19BrO5/c1-4-9-27-21-18(23)11-14(12-20(21)26-3)10-16-13-19(28-22(16)24)15-5-7-17(25-2)8-6-15/h4-8,10-13H,1,9H2,2-3H3/b16-10-. The smallest absolute Gasteiger partial charge is 0.343 e. The number of halogens is 1. The van der Waals surface area contributed by atoms with Crippen molar-refractivity contribution in [3.05, 3.63) is 76.3 Å². The predicted octanol–water partition coefficient (Wildman–Crippen LogP) is 5.01. The molecule has 2 aromatic carbocycles. The lowest BCUT2D eigenvalue weighted by molar-refractivity contribution is -0.130. The monoisotopic (exact) mass is 442 g/mol. The van der Waals surface area contributed by atoms with Crippen LogP contribution in [-0.4, -0.2) is 26.8 Å². The molecule has 0 radical (unpaired) electrons. The molecule has 0 aromatic heterocycles. The number of hydrogen-bond donors (Lipinski definition) is 0. The minimum absolute atomic E-state index is 0.357. The van der Waals surface area contributed by atoms with Gasteiger partial charge in [-0.3, -0.25) is 0 Å². The number of hydrogen-bond acceptors (Lipinski definition) is 5. The molecule has 0 N–H and O–H groups in total. The molecule has 0 amide bonds. The van der Waals surface area contributed by atoms with Crippen molar-refractivity contribution in [3.8, 4) is 17.2 Å². The van der Waals surface area contributed by atoms with E-state index < -0.39 is 5.97 Å². The summed E-state index contributed by atoms with van der Waals surface area (Å²) >= 11 is 3.48. The Balaban J connectivity index is 1.91. The van der Waals surface area contributed by atoms with Gasteiger partial charge in [0.25, 0.3) is 0 Å². The van der Waals surface area contributed by atoms with Crippen LogP contribution in [0.2, 0.25) is 0 Å². The van der Waals surface area contributed by atoms with Gasteiger partial charge in [-0.05, 0) is 70.0 Å². The third-order valence-corrected chi connectivity index (χ3v) is 4.61. The van der Waals surface area contributed by atoms with E-state index in [0.29, 0.717) is 33.9 Å². The van der Waals surface area contributed by atoms with Gasteiger partial charge in [-0.25, -0.2) is 4.79 Å². The lowest BCUT2D eigenvalue weighted by Gasteiger charge is -2.12. The van der Waals surface area contributed by atoms with E-state index in [4.69, 9.17) is 18.9 Å². The number of esters is 1. The molecule has 0 bridgehead atoms. The third-order valence-electron chi connectivity index (χ3n) is 4.02. The van der Waals surface area contributed by atoms with E-state index in [2.05, 4.69) is 22.5 Å². The van der Waals surface area contributed by atoms with Crippen molar-refractivity contribution in [3.63, 3.8) is 0 Å². The van der Waals surface area contributed by atoms with Gasteiger partial charge in [-0.15, -0.1) is 0 Å². The number of cyclic esters (lactones) is 1. The first-order chi connectivity index (χ1) is 13.5. The third kappa shape index (κ3) is 4.28. The van der Waals surface area contributed by atoms with E-state index in [-0.39, 0.29) is 0 Å². The van der Waals surface area contributed by atoms with E-state index in [1.54, 1.807) is 38.5 Å². The fourth-order valence-electron chi connectivity index (χ4n) is 2.67. The summed E-state index contributed by atoms with van der Waals surface area (Å²) in [6.07, 6.45) is 5.11. The predicted molar refractivity (Wildman–Crippen MR) is 111 cm³/mol. The van der Waals surface area contributed by atoms with Crippen molar-refractivity contribution in [2.45, 2.75) is 0 Å². The van der Waals surface area contributed by atoms with Crippen molar-refractivity contribution in [1.82, 2.24) is 0 Å². The Morgan fingerprint density at radius 2 is 1.89 bits per heavy atom. The molecular formula is C22H19BrO5. The van der Waals surface area contributed by atoms with Crippen LogP contribution < -0.4 is 14.2 Å². The highest BCUT2D eigenvalue weighted by molar-refractivity contribution is 9.10. The minimum Gasteiger partial charge on any atom is -0.497 e. The van der Waals surface area contributed by atoms with Crippen LogP contribution in [-0.2, 0) is 9.53 Å². The number of carbonyl (C=O) groups excluding carboxylic acids is 1. The molecule has 28 heavy (non-hydrogen) atoms. The largest absolute Gasteiger partial charge is 0.497 e. The van der Waals surface area contributed by atoms with Crippen LogP contribution in [0.15, 0.2) is 65.2 Å². The molecule has 6 heteroatoms. The summed E-state index contributed by atoms with van der Waals surface area (Å²) in [5, 5.41) is 0. The van der Waals surface area contributed by atoms with Crippen molar-refractivity contribution < 1.29 is 23.7 Å². The highest BCUT2D eigenvalue weighted by Gasteiger charge is 2.22. The Kier molecular flexibility index (Phi) is 6.21. The van der Waals surface area contributed by atoms with Crippen LogP contribution in [0.3, 0.4) is 0 Å². The Labute approximate surface area is 172 Å². The molecule has 0 unspecified atom stereocenters. The molecule has 1 aliphatic heterocycles. The van der Waals surface area contributed by atoms with Gasteiger partial charge in [-0.2, -0.15) is 0 Å². The average molecular weight is 443 g/mol. The van der Waals surface area contributed by atoms with Crippen molar-refractivity contribution in [2.24, 2.45) is 0 Å². The van der Waals surface area contributed by atoms with E-state index in [1.165, 1.54) is 0 Å². The molecule has 3 rings (SSSR count). The fraction of sp³-hybridized carbons (Fsp3) is 0.136. The van der Waals surface area contributed by atoms with Gasteiger partial charge < -0.3 is 18.9 Å². The Hall–Kier alpha value is -2.99. The second-order valence-electron chi connectivity index (χ2n) is 5.86. The number of ether oxygens (including phenoxy) is 4. The summed E-state index contributed by atoms with van der Waals surface area (Å²) in [4.78, 5) is 12.3. The number of rotatable bonds is 7. The average Bonchev–Trinajstić information content (AvgIpc) is 3.07. The summed E-state index contributed by atoms with van der Waals surface area (Å²) in [5.74, 6) is 1.95. The zero-order chi connectivity index (χ0) is 20.1. The van der Waals surface area contributed by atoms with Crippen LogP contribution in [0.4, 0.5) is 0 Å². The topological polar surface area (TPSA) is 54.0 Å². The number of carbonyl (C=O) groups is 1. The Bertz CT molecular complexity index is 958. The van der Waals surface area contributed by atoms with Gasteiger partial charge in [0, 0.05) is 5.56 Å². The van der Waals surface area contributed by atoms with Gasteiger partial charge in [0.05, 0.1) is 24.3 Å². The van der Waals surface area contributed by atoms with Gasteiger partial charge in [-0.1, -0.05) is 12.7 Å². The number of methoxy groups -OCH3 is 2. The zero-order valence-corrected chi connectivity index (χ0v) is 17.1. The molecule has 2 aromatic rings. The summed E-state index contributed by atoms with van der Waals surface area (Å²) in [6, 6.07) is 11.0. The SMILES string of the molecule is C=CCOc1c(Br)cc(/C=C2/C=C(c3ccc(OC)cc3)OC2=O)cc1OC. The van der Waals surface area contributed by atoms with E-state index in [1.807, 2.05) is 30.3 Å². The number of benzene rings is 2. The summed E-state index contributed by atoms with van der Waals surface area (Å²) in [5.41, 5.74) is 2.01. The fourth-order valence-corrected chi connectivity index (χ4v) is 3.25. The Morgan fingerprint density at radius 3 is 2.54 bits per heavy atom. The summed E-state index contributed by atoms with van der Waals surface area (Å²) in [6.45, 7) is 4.00. The molecule has 0 aliphatic carbocycles. The summed E-state index contributed by atoms with van der Waals surface area (Å²) < 4.78 is 22.3. The maximum absolute atomic E-state index is 12.3. The van der Waals surface area contributed by atoms with E-state index >= 15 is 0 Å². The van der Waals surface area contributed by atoms with Gasteiger partial charge in [0.15, 0.2) is 11.5 Å². The molecule has 0 spiro atoms. The molecule has 1 aliphatic rings. The molecule has 1 heterocycles. The van der Waals surface area contributed by atoms with Crippen LogP contribution in [0.5, 0.6) is 17.2 Å². The second-order valence-corrected chi connectivity index (χ2v) is 6.71. The van der Waals surface area contributed by atoms with Crippen LogP contribution in [0.25, 0.3) is 11.8 Å². The maximum Gasteiger partial charge on any atom is 0.343 e. The molecule has 0 saturated heterocycles. The lowest BCUT2D eigenvalue weighted by Crippen LogP contribution is -1.99. The molecule has 5 nitrogen and oxygen atoms in total. The molecular weight excluding hydrogens is 424 g/mol. The first-order valence-electron chi connectivity index (χ1n) is 8.47.